The highest BCUT2D eigenvalue weighted by Gasteiger charge is 2.44. The number of aliphatic hydroxyl groups is 3. The predicted octanol–water partition coefficient (Wildman–Crippen LogP) is 0.262. The van der Waals surface area contributed by atoms with Crippen LogP contribution in [0.5, 0.6) is 6.01 Å². The summed E-state index contributed by atoms with van der Waals surface area (Å²) in [6.07, 6.45) is -0.897. The van der Waals surface area contributed by atoms with E-state index in [1.165, 1.54) is 23.0 Å². The maximum Gasteiger partial charge on any atom is 0.320 e. The van der Waals surface area contributed by atoms with Crippen molar-refractivity contribution in [2.75, 3.05) is 18.9 Å². The fourth-order valence-electron chi connectivity index (χ4n) is 3.89. The zero-order valence-corrected chi connectivity index (χ0v) is 16.7. The van der Waals surface area contributed by atoms with Gasteiger partial charge in [0.2, 0.25) is 0 Å². The monoisotopic (exact) mass is 444 g/mol. The summed E-state index contributed by atoms with van der Waals surface area (Å²) in [7, 11) is 0. The van der Waals surface area contributed by atoms with Crippen LogP contribution in [-0.4, -0.2) is 71.3 Å². The molecule has 1 aliphatic heterocycles. The van der Waals surface area contributed by atoms with Gasteiger partial charge in [-0.2, -0.15) is 9.97 Å². The van der Waals surface area contributed by atoms with Gasteiger partial charge in [-0.1, -0.05) is 0 Å². The summed E-state index contributed by atoms with van der Waals surface area (Å²) in [5.74, 6) is -0.247. The summed E-state index contributed by atoms with van der Waals surface area (Å²) in [5, 5.41) is 30.4. The molecular weight excluding hydrogens is 423 g/mol. The van der Waals surface area contributed by atoms with Crippen LogP contribution in [0.15, 0.2) is 30.7 Å². The Kier molecular flexibility index (Phi) is 5.13. The Morgan fingerprint density at radius 2 is 2.09 bits per heavy atom. The van der Waals surface area contributed by atoms with Crippen molar-refractivity contribution in [3.05, 3.63) is 42.1 Å². The smallest absolute Gasteiger partial charge is 0.320 e. The van der Waals surface area contributed by atoms with Gasteiger partial charge < -0.3 is 35.5 Å². The first-order chi connectivity index (χ1) is 15.5. The number of aromatic nitrogens is 5. The minimum absolute atomic E-state index is 0.00508. The molecule has 168 valence electrons. The highest BCUT2D eigenvalue weighted by atomic mass is 19.1. The molecule has 4 unspecified atom stereocenters. The molecule has 1 aromatic carbocycles. The van der Waals surface area contributed by atoms with Crippen LogP contribution in [0.1, 0.15) is 11.8 Å². The van der Waals surface area contributed by atoms with E-state index in [-0.39, 0.29) is 35.4 Å². The first-order valence-corrected chi connectivity index (χ1v) is 9.97. The summed E-state index contributed by atoms with van der Waals surface area (Å²) in [5.41, 5.74) is 8.23. The standard InChI is InChI=1S/C20H21FN6O5/c21-10-1-2-12-11(5-10)9(6-23-12)3-4-31-20-25-17(22)14-18(26-20)27(8-24-14)19-16(30)15(29)13(7-28)32-19/h1-2,5-6,8,13,15-16,19,23,28-30H,3-4,7H2,(H2,22,25,26). The molecular formula is C20H21FN6O5. The first-order valence-electron chi connectivity index (χ1n) is 9.97. The number of rotatable bonds is 6. The quantitative estimate of drug-likeness (QED) is 0.280. The second kappa shape index (κ2) is 7.98. The van der Waals surface area contributed by atoms with Crippen molar-refractivity contribution in [3.63, 3.8) is 0 Å². The van der Waals surface area contributed by atoms with Gasteiger partial charge in [0.05, 0.1) is 19.5 Å². The van der Waals surface area contributed by atoms with Gasteiger partial charge in [-0.25, -0.2) is 9.37 Å². The van der Waals surface area contributed by atoms with E-state index in [0.29, 0.717) is 6.42 Å². The van der Waals surface area contributed by atoms with Crippen molar-refractivity contribution in [1.82, 2.24) is 24.5 Å². The minimum atomic E-state index is -1.30. The second-order valence-corrected chi connectivity index (χ2v) is 7.55. The van der Waals surface area contributed by atoms with Crippen LogP contribution in [0.3, 0.4) is 0 Å². The third kappa shape index (κ3) is 3.42. The van der Waals surface area contributed by atoms with Crippen LogP contribution in [0, 0.1) is 5.82 Å². The van der Waals surface area contributed by atoms with Gasteiger partial charge in [-0.15, -0.1) is 0 Å². The van der Waals surface area contributed by atoms with Crippen LogP contribution in [0.4, 0.5) is 10.2 Å². The van der Waals surface area contributed by atoms with Crippen LogP contribution in [0.2, 0.25) is 0 Å². The molecule has 0 amide bonds. The van der Waals surface area contributed by atoms with Gasteiger partial charge in [0.15, 0.2) is 23.2 Å². The van der Waals surface area contributed by atoms with E-state index in [1.807, 2.05) is 0 Å². The van der Waals surface area contributed by atoms with Crippen LogP contribution < -0.4 is 10.5 Å². The molecule has 0 bridgehead atoms. The van der Waals surface area contributed by atoms with Gasteiger partial charge in [-0.3, -0.25) is 4.57 Å². The zero-order chi connectivity index (χ0) is 22.4. The predicted molar refractivity (Wildman–Crippen MR) is 110 cm³/mol. The molecule has 1 aliphatic rings. The van der Waals surface area contributed by atoms with Gasteiger partial charge >= 0.3 is 6.01 Å². The number of anilines is 1. The average Bonchev–Trinajstić information content (AvgIpc) is 3.45. The Bertz CT molecular complexity index is 1280. The summed E-state index contributed by atoms with van der Waals surface area (Å²) < 4.78 is 26.2. The van der Waals surface area contributed by atoms with Crippen molar-refractivity contribution < 1.29 is 29.2 Å². The molecule has 0 radical (unpaired) electrons. The number of imidazole rings is 1. The molecule has 3 aromatic heterocycles. The number of benzene rings is 1. The van der Waals surface area contributed by atoms with E-state index in [1.54, 1.807) is 12.3 Å². The fraction of sp³-hybridized carbons (Fsp3) is 0.350. The molecule has 5 rings (SSSR count). The first kappa shape index (κ1) is 20.6. The molecule has 4 atom stereocenters. The maximum atomic E-state index is 13.6. The lowest BCUT2D eigenvalue weighted by molar-refractivity contribution is -0.0511. The lowest BCUT2D eigenvalue weighted by Crippen LogP contribution is -2.33. The topological polar surface area (TPSA) is 165 Å². The second-order valence-electron chi connectivity index (χ2n) is 7.55. The molecule has 0 saturated carbocycles. The number of hydrogen-bond donors (Lipinski definition) is 5. The Morgan fingerprint density at radius 3 is 2.88 bits per heavy atom. The lowest BCUT2D eigenvalue weighted by Gasteiger charge is -2.16. The molecule has 6 N–H and O–H groups in total. The Labute approximate surface area is 180 Å². The summed E-state index contributed by atoms with van der Waals surface area (Å²) >= 11 is 0. The van der Waals surface area contributed by atoms with Crippen molar-refractivity contribution in [1.29, 1.82) is 0 Å². The SMILES string of the molecule is Nc1nc(OCCc2c[nH]c3ccc(F)cc23)nc2c1ncn2C1OC(CO)C(O)C1O. The number of nitrogens with one attached hydrogen (secondary N) is 1. The molecule has 0 spiro atoms. The number of fused-ring (bicyclic) bond motifs is 2. The molecule has 4 aromatic rings. The highest BCUT2D eigenvalue weighted by molar-refractivity contribution is 5.83. The normalized spacial score (nSPS) is 23.4. The third-order valence-corrected chi connectivity index (χ3v) is 5.55. The molecule has 11 nitrogen and oxygen atoms in total. The summed E-state index contributed by atoms with van der Waals surface area (Å²) in [6, 6.07) is 4.52. The van der Waals surface area contributed by atoms with E-state index >= 15 is 0 Å². The minimum Gasteiger partial charge on any atom is -0.463 e. The van der Waals surface area contributed by atoms with E-state index < -0.39 is 31.1 Å². The van der Waals surface area contributed by atoms with E-state index in [2.05, 4.69) is 19.9 Å². The van der Waals surface area contributed by atoms with Gasteiger partial charge in [0.25, 0.3) is 0 Å². The number of aliphatic hydroxyl groups excluding tert-OH is 3. The Morgan fingerprint density at radius 1 is 1.25 bits per heavy atom. The third-order valence-electron chi connectivity index (χ3n) is 5.55. The molecule has 1 fully saturated rings. The van der Waals surface area contributed by atoms with Crippen molar-refractivity contribution >= 4 is 27.9 Å². The molecule has 1 saturated heterocycles. The van der Waals surface area contributed by atoms with E-state index in [9.17, 15) is 19.7 Å². The van der Waals surface area contributed by atoms with Gasteiger partial charge in [0.1, 0.15) is 24.1 Å². The summed E-state index contributed by atoms with van der Waals surface area (Å²) in [6.45, 7) is -0.249. The number of ether oxygens (including phenoxy) is 2. The lowest BCUT2D eigenvalue weighted by atomic mass is 10.1. The van der Waals surface area contributed by atoms with Gasteiger partial charge in [0, 0.05) is 23.5 Å². The van der Waals surface area contributed by atoms with E-state index in [4.69, 9.17) is 15.2 Å². The Balaban J connectivity index is 1.37. The maximum absolute atomic E-state index is 13.6. The van der Waals surface area contributed by atoms with Crippen LogP contribution >= 0.6 is 0 Å². The van der Waals surface area contributed by atoms with Crippen LogP contribution in [0.25, 0.3) is 22.1 Å². The molecule has 32 heavy (non-hydrogen) atoms. The molecule has 4 heterocycles. The summed E-state index contributed by atoms with van der Waals surface area (Å²) in [4.78, 5) is 15.7. The van der Waals surface area contributed by atoms with E-state index in [0.717, 1.165) is 16.5 Å². The Hall–Kier alpha value is -3.32. The molecule has 0 aliphatic carbocycles. The largest absolute Gasteiger partial charge is 0.463 e. The highest BCUT2D eigenvalue weighted by Crippen LogP contribution is 2.32. The van der Waals surface area contributed by atoms with Gasteiger partial charge in [-0.05, 0) is 23.8 Å². The number of halogens is 1. The number of hydrogen-bond acceptors (Lipinski definition) is 9. The zero-order valence-electron chi connectivity index (χ0n) is 16.7. The number of H-pyrrole nitrogens is 1. The van der Waals surface area contributed by atoms with Crippen molar-refractivity contribution in [2.45, 2.75) is 31.0 Å². The number of aromatic amines is 1. The number of nitrogens with zero attached hydrogens (tertiary/aromatic N) is 4. The van der Waals surface area contributed by atoms with Crippen LogP contribution in [-0.2, 0) is 11.2 Å². The van der Waals surface area contributed by atoms with Crippen molar-refractivity contribution in [2.24, 2.45) is 0 Å². The fourth-order valence-corrected chi connectivity index (χ4v) is 3.89. The average molecular weight is 444 g/mol. The number of nitrogens with two attached hydrogens (primary N) is 1. The number of nitrogen functional groups attached to an aromatic ring is 1. The van der Waals surface area contributed by atoms with Crippen molar-refractivity contribution in [3.8, 4) is 6.01 Å². The molecule has 12 heteroatoms.